The van der Waals surface area contributed by atoms with Gasteiger partial charge in [-0.1, -0.05) is 57.6 Å². The van der Waals surface area contributed by atoms with Crippen molar-refractivity contribution in [1.82, 2.24) is 0 Å². The van der Waals surface area contributed by atoms with Crippen LogP contribution < -0.4 is 4.74 Å². The van der Waals surface area contributed by atoms with Crippen LogP contribution in [-0.2, 0) is 15.5 Å². The van der Waals surface area contributed by atoms with E-state index in [0.717, 1.165) is 12.2 Å². The Bertz CT molecular complexity index is 406. The van der Waals surface area contributed by atoms with E-state index in [4.69, 9.17) is 9.63 Å². The highest BCUT2D eigenvalue weighted by atomic mass is 31.1. The molecule has 0 aliphatic carbocycles. The van der Waals surface area contributed by atoms with Crippen molar-refractivity contribution < 1.29 is 18.7 Å². The number of rotatable bonds is 13. The molecule has 0 heterocycles. The predicted octanol–water partition coefficient (Wildman–Crippen LogP) is 5.02. The molecule has 1 aromatic rings. The van der Waals surface area contributed by atoms with Gasteiger partial charge < -0.3 is 4.74 Å². The zero-order valence-electron chi connectivity index (χ0n) is 13.5. The fraction of sp³-hybridized carbons (Fsp3) is 0.647. The Morgan fingerprint density at radius 2 is 1.59 bits per heavy atom. The van der Waals surface area contributed by atoms with E-state index in [9.17, 15) is 4.57 Å². The number of hydrogen-bond acceptors (Lipinski definition) is 3. The maximum absolute atomic E-state index is 10.3. The van der Waals surface area contributed by atoms with Crippen molar-refractivity contribution in [3.05, 3.63) is 29.8 Å². The Kier molecular flexibility index (Phi) is 10.9. The Labute approximate surface area is 134 Å². The zero-order valence-corrected chi connectivity index (χ0v) is 14.4. The van der Waals surface area contributed by atoms with E-state index >= 15 is 0 Å². The van der Waals surface area contributed by atoms with Crippen LogP contribution in [0, 0.1) is 0 Å². The van der Waals surface area contributed by atoms with E-state index in [0.29, 0.717) is 0 Å². The molecule has 1 atom stereocenters. The first-order chi connectivity index (χ1) is 10.7. The van der Waals surface area contributed by atoms with E-state index < -0.39 is 8.25 Å². The van der Waals surface area contributed by atoms with Gasteiger partial charge in [-0.15, -0.1) is 9.42 Å². The molecule has 0 aliphatic heterocycles. The molecule has 124 valence electrons. The summed E-state index contributed by atoms with van der Waals surface area (Å²) in [5, 5.41) is 0. The van der Waals surface area contributed by atoms with Crippen LogP contribution in [0.5, 0.6) is 5.75 Å². The van der Waals surface area contributed by atoms with Gasteiger partial charge in [-0.25, -0.2) is 0 Å². The lowest BCUT2D eigenvalue weighted by atomic mass is 10.0. The summed E-state index contributed by atoms with van der Waals surface area (Å²) in [7, 11) is -2.53. The quantitative estimate of drug-likeness (QED) is 0.408. The lowest BCUT2D eigenvalue weighted by Gasteiger charge is -2.06. The van der Waals surface area contributed by atoms with Crippen LogP contribution in [0.1, 0.15) is 57.4 Å². The highest BCUT2D eigenvalue weighted by Crippen LogP contribution is 2.16. The van der Waals surface area contributed by atoms with Crippen molar-refractivity contribution in [3.8, 4) is 5.75 Å². The summed E-state index contributed by atoms with van der Waals surface area (Å²) in [5.74, 6) is 0.764. The van der Waals surface area contributed by atoms with Gasteiger partial charge in [0, 0.05) is 4.57 Å². The maximum Gasteiger partial charge on any atom is 0.694 e. The highest BCUT2D eigenvalue weighted by molar-refractivity contribution is 7.32. The van der Waals surface area contributed by atoms with Gasteiger partial charge in [0.2, 0.25) is 0 Å². The lowest BCUT2D eigenvalue weighted by molar-refractivity contribution is 0.207. The zero-order chi connectivity index (χ0) is 16.0. The van der Waals surface area contributed by atoms with Crippen molar-refractivity contribution in [2.24, 2.45) is 0 Å². The Morgan fingerprint density at radius 3 is 2.23 bits per heavy atom. The first-order valence-electron chi connectivity index (χ1n) is 8.23. The molecule has 1 N–H and O–H groups in total. The molecule has 22 heavy (non-hydrogen) atoms. The van der Waals surface area contributed by atoms with E-state index in [2.05, 4.69) is 23.6 Å². The molecule has 0 radical (unpaired) electrons. The molecule has 1 aromatic carbocycles. The minimum absolute atomic E-state index is 0.117. The van der Waals surface area contributed by atoms with Crippen molar-refractivity contribution in [2.45, 2.75) is 58.3 Å². The Balaban J connectivity index is 2.09. The standard InChI is InChI=1S/C17H27O4P/c1-2-3-4-5-6-7-8-9-16-10-12-17(13-11-16)20-14-15-21-22(18)19/h10-13H,2-9,14-15H2,1H3/p+1. The van der Waals surface area contributed by atoms with Gasteiger partial charge in [-0.3, -0.25) is 0 Å². The van der Waals surface area contributed by atoms with E-state index in [1.807, 2.05) is 12.1 Å². The largest absolute Gasteiger partial charge is 0.694 e. The number of benzene rings is 1. The molecule has 0 bridgehead atoms. The van der Waals surface area contributed by atoms with Gasteiger partial charge >= 0.3 is 8.25 Å². The van der Waals surface area contributed by atoms with Crippen molar-refractivity contribution in [1.29, 1.82) is 0 Å². The van der Waals surface area contributed by atoms with Crippen LogP contribution in [-0.4, -0.2) is 18.1 Å². The summed E-state index contributed by atoms with van der Waals surface area (Å²) in [5.41, 5.74) is 1.33. The summed E-state index contributed by atoms with van der Waals surface area (Å²) in [6.07, 6.45) is 10.4. The molecule has 0 aromatic heterocycles. The maximum atomic E-state index is 10.3. The number of hydrogen-bond donors (Lipinski definition) is 1. The molecular formula is C17H28O4P+. The molecule has 0 aliphatic rings. The molecule has 0 fully saturated rings. The second-order valence-electron chi connectivity index (χ2n) is 5.43. The average molecular weight is 327 g/mol. The summed E-state index contributed by atoms with van der Waals surface area (Å²) in [6.45, 7) is 2.64. The molecule has 0 spiro atoms. The minimum atomic E-state index is -2.53. The molecule has 1 rings (SSSR count). The van der Waals surface area contributed by atoms with Gasteiger partial charge in [-0.05, 0) is 30.5 Å². The molecule has 0 saturated carbocycles. The smallest absolute Gasteiger partial charge is 0.491 e. The first kappa shape index (κ1) is 19.1. The van der Waals surface area contributed by atoms with Gasteiger partial charge in [0.15, 0.2) is 0 Å². The molecule has 4 nitrogen and oxygen atoms in total. The molecule has 1 unspecified atom stereocenters. The predicted molar refractivity (Wildman–Crippen MR) is 89.4 cm³/mol. The fourth-order valence-electron chi connectivity index (χ4n) is 2.31. The highest BCUT2D eigenvalue weighted by Gasteiger charge is 2.10. The van der Waals surface area contributed by atoms with Crippen LogP contribution in [0.15, 0.2) is 24.3 Å². The monoisotopic (exact) mass is 327 g/mol. The third-order valence-corrected chi connectivity index (χ3v) is 3.95. The minimum Gasteiger partial charge on any atom is -0.491 e. The van der Waals surface area contributed by atoms with E-state index in [1.165, 1.54) is 50.5 Å². The summed E-state index contributed by atoms with van der Waals surface area (Å²) >= 11 is 0. The van der Waals surface area contributed by atoms with Crippen LogP contribution in [0.25, 0.3) is 0 Å². The second kappa shape index (κ2) is 12.6. The van der Waals surface area contributed by atoms with Crippen LogP contribution in [0.4, 0.5) is 0 Å². The van der Waals surface area contributed by atoms with Gasteiger partial charge in [-0.2, -0.15) is 0 Å². The summed E-state index contributed by atoms with van der Waals surface area (Å²) in [4.78, 5) is 8.48. The average Bonchev–Trinajstić information content (AvgIpc) is 2.52. The van der Waals surface area contributed by atoms with Crippen molar-refractivity contribution >= 4 is 8.25 Å². The summed E-state index contributed by atoms with van der Waals surface area (Å²) in [6, 6.07) is 8.05. The first-order valence-corrected chi connectivity index (χ1v) is 9.36. The van der Waals surface area contributed by atoms with E-state index in [-0.39, 0.29) is 13.2 Å². The fourth-order valence-corrected chi connectivity index (χ4v) is 2.54. The second-order valence-corrected chi connectivity index (χ2v) is 6.17. The SMILES string of the molecule is CCCCCCCCCc1ccc(OCCO[P+](=O)O)cc1. The normalized spacial score (nSPS) is 11.5. The third-order valence-electron chi connectivity index (χ3n) is 3.55. The van der Waals surface area contributed by atoms with Crippen LogP contribution in [0.3, 0.4) is 0 Å². The molecule has 5 heteroatoms. The molecule has 0 amide bonds. The number of unbranched alkanes of at least 4 members (excludes halogenated alkanes) is 6. The number of aryl methyl sites for hydroxylation is 1. The van der Waals surface area contributed by atoms with E-state index in [1.54, 1.807) is 0 Å². The molecule has 0 saturated heterocycles. The third kappa shape index (κ3) is 9.88. The van der Waals surface area contributed by atoms with Crippen molar-refractivity contribution in [2.75, 3.05) is 13.2 Å². The topological polar surface area (TPSA) is 55.8 Å². The van der Waals surface area contributed by atoms with Gasteiger partial charge in [0.05, 0.1) is 0 Å². The van der Waals surface area contributed by atoms with Gasteiger partial charge in [0.25, 0.3) is 0 Å². The lowest BCUT2D eigenvalue weighted by Crippen LogP contribution is -2.03. The Hall–Kier alpha value is -0.960. The Morgan fingerprint density at radius 1 is 0.955 bits per heavy atom. The summed E-state index contributed by atoms with van der Waals surface area (Å²) < 4.78 is 20.3. The van der Waals surface area contributed by atoms with Gasteiger partial charge in [0.1, 0.15) is 19.0 Å². The molecular weight excluding hydrogens is 299 g/mol. The van der Waals surface area contributed by atoms with Crippen LogP contribution >= 0.6 is 8.25 Å². The van der Waals surface area contributed by atoms with Crippen molar-refractivity contribution in [3.63, 3.8) is 0 Å². The van der Waals surface area contributed by atoms with Crippen LogP contribution in [0.2, 0.25) is 0 Å². The number of ether oxygens (including phenoxy) is 1.